The van der Waals surface area contributed by atoms with Crippen LogP contribution in [0.4, 0.5) is 0 Å². The van der Waals surface area contributed by atoms with Crippen LogP contribution in [-0.4, -0.2) is 7.11 Å². The summed E-state index contributed by atoms with van der Waals surface area (Å²) in [5.41, 5.74) is 1.08. The van der Waals surface area contributed by atoms with Crippen molar-refractivity contribution in [3.05, 3.63) is 29.8 Å². The van der Waals surface area contributed by atoms with Gasteiger partial charge in [-0.15, -0.1) is 11.6 Å². The second-order valence-corrected chi connectivity index (χ2v) is 3.82. The van der Waals surface area contributed by atoms with Crippen molar-refractivity contribution in [3.8, 4) is 5.75 Å². The largest absolute Gasteiger partial charge is 0.496 e. The molecule has 1 radical (unpaired) electrons. The van der Waals surface area contributed by atoms with Gasteiger partial charge < -0.3 is 4.74 Å². The summed E-state index contributed by atoms with van der Waals surface area (Å²) < 4.78 is 5.21. The molecule has 2 heteroatoms. The van der Waals surface area contributed by atoms with Gasteiger partial charge in [0.2, 0.25) is 0 Å². The number of hydrogen-bond acceptors (Lipinski definition) is 1. The monoisotopic (exact) mass is 181 g/mol. The highest BCUT2D eigenvalue weighted by molar-refractivity contribution is 6.26. The maximum atomic E-state index is 6.25. The third-order valence-corrected chi connectivity index (χ3v) is 2.80. The molecule has 2 rings (SSSR count). The number of methoxy groups -OCH3 is 1. The molecule has 0 bridgehead atoms. The number of benzene rings is 1. The minimum atomic E-state index is -0.150. The summed E-state index contributed by atoms with van der Waals surface area (Å²) in [6.45, 7) is 0. The molecule has 1 aromatic rings. The van der Waals surface area contributed by atoms with E-state index in [-0.39, 0.29) is 4.87 Å². The molecule has 12 heavy (non-hydrogen) atoms. The second kappa shape index (κ2) is 2.67. The molecular weight excluding hydrogens is 172 g/mol. The van der Waals surface area contributed by atoms with Gasteiger partial charge in [0.15, 0.2) is 0 Å². The molecule has 1 nitrogen and oxygen atoms in total. The molecule has 0 unspecified atom stereocenters. The third-order valence-electron chi connectivity index (χ3n) is 2.22. The molecule has 0 heterocycles. The number of ether oxygens (including phenoxy) is 1. The lowest BCUT2D eigenvalue weighted by Gasteiger charge is -2.10. The fourth-order valence-corrected chi connectivity index (χ4v) is 1.57. The standard InChI is InChI=1S/C10H10ClO/c1-12-9-5-3-2-4-8(9)10(11)6-7-10/h3-5H,6-7H2,1H3. The van der Waals surface area contributed by atoms with Crippen molar-refractivity contribution in [3.63, 3.8) is 0 Å². The second-order valence-electron chi connectivity index (χ2n) is 3.09. The highest BCUT2D eigenvalue weighted by atomic mass is 35.5. The highest BCUT2D eigenvalue weighted by Gasteiger charge is 2.44. The van der Waals surface area contributed by atoms with E-state index >= 15 is 0 Å². The summed E-state index contributed by atoms with van der Waals surface area (Å²) in [7, 11) is 1.67. The Kier molecular flexibility index (Phi) is 1.76. The van der Waals surface area contributed by atoms with Gasteiger partial charge in [-0.3, -0.25) is 0 Å². The van der Waals surface area contributed by atoms with Crippen molar-refractivity contribution >= 4 is 11.6 Å². The average molecular weight is 182 g/mol. The van der Waals surface area contributed by atoms with Crippen LogP contribution in [-0.2, 0) is 4.87 Å². The zero-order valence-corrected chi connectivity index (χ0v) is 7.69. The van der Waals surface area contributed by atoms with Crippen LogP contribution in [0.25, 0.3) is 0 Å². The van der Waals surface area contributed by atoms with Gasteiger partial charge >= 0.3 is 0 Å². The first kappa shape index (κ1) is 7.93. The van der Waals surface area contributed by atoms with E-state index in [1.807, 2.05) is 18.2 Å². The van der Waals surface area contributed by atoms with Gasteiger partial charge in [0.1, 0.15) is 5.75 Å². The first-order valence-corrected chi connectivity index (χ1v) is 4.37. The third kappa shape index (κ3) is 1.18. The van der Waals surface area contributed by atoms with Crippen LogP contribution < -0.4 is 4.74 Å². The molecule has 1 fully saturated rings. The minimum absolute atomic E-state index is 0.150. The molecule has 0 aliphatic heterocycles. The number of halogens is 1. The minimum Gasteiger partial charge on any atom is -0.496 e. The quantitative estimate of drug-likeness (QED) is 0.638. The van der Waals surface area contributed by atoms with Gasteiger partial charge in [-0.1, -0.05) is 6.07 Å². The van der Waals surface area contributed by atoms with E-state index in [1.165, 1.54) is 0 Å². The van der Waals surface area contributed by atoms with Gasteiger partial charge in [0.25, 0.3) is 0 Å². The molecule has 0 N–H and O–H groups in total. The van der Waals surface area contributed by atoms with Crippen molar-refractivity contribution in [1.82, 2.24) is 0 Å². The molecule has 0 saturated heterocycles. The smallest absolute Gasteiger partial charge is 0.123 e. The summed E-state index contributed by atoms with van der Waals surface area (Å²) in [5, 5.41) is 0. The zero-order valence-electron chi connectivity index (χ0n) is 6.93. The van der Waals surface area contributed by atoms with E-state index in [0.29, 0.717) is 0 Å². The van der Waals surface area contributed by atoms with E-state index in [0.717, 1.165) is 24.2 Å². The summed E-state index contributed by atoms with van der Waals surface area (Å²) in [5.74, 6) is 0.876. The lowest BCUT2D eigenvalue weighted by Crippen LogP contribution is -1.99. The molecule has 1 aliphatic rings. The fourth-order valence-electron chi connectivity index (χ4n) is 1.32. The topological polar surface area (TPSA) is 9.23 Å². The van der Waals surface area contributed by atoms with Crippen LogP contribution in [0.3, 0.4) is 0 Å². The maximum absolute atomic E-state index is 6.25. The lowest BCUT2D eigenvalue weighted by molar-refractivity contribution is 0.408. The molecule has 0 aromatic heterocycles. The Hall–Kier alpha value is -0.690. The van der Waals surface area contributed by atoms with Crippen LogP contribution in [0.1, 0.15) is 18.4 Å². The summed E-state index contributed by atoms with van der Waals surface area (Å²) in [4.78, 5) is -0.150. The van der Waals surface area contributed by atoms with E-state index in [4.69, 9.17) is 16.3 Å². The van der Waals surface area contributed by atoms with Crippen molar-refractivity contribution in [2.24, 2.45) is 0 Å². The van der Waals surface area contributed by atoms with Gasteiger partial charge in [0, 0.05) is 5.56 Å². The summed E-state index contributed by atoms with van der Waals surface area (Å²) >= 11 is 6.25. The van der Waals surface area contributed by atoms with Crippen LogP contribution >= 0.6 is 11.6 Å². The molecule has 1 aromatic carbocycles. The Morgan fingerprint density at radius 2 is 2.33 bits per heavy atom. The molecule has 0 spiro atoms. The van der Waals surface area contributed by atoms with Crippen molar-refractivity contribution < 1.29 is 4.74 Å². The Morgan fingerprint density at radius 3 is 2.92 bits per heavy atom. The Labute approximate surface area is 77.3 Å². The highest BCUT2D eigenvalue weighted by Crippen LogP contribution is 2.54. The van der Waals surface area contributed by atoms with Crippen molar-refractivity contribution in [2.75, 3.05) is 7.11 Å². The lowest BCUT2D eigenvalue weighted by atomic mass is 10.1. The Bertz CT molecular complexity index is 292. The number of rotatable bonds is 2. The molecule has 0 amide bonds. The van der Waals surface area contributed by atoms with Crippen LogP contribution in [0.15, 0.2) is 18.2 Å². The average Bonchev–Trinajstić information content (AvgIpc) is 2.85. The Morgan fingerprint density at radius 1 is 1.58 bits per heavy atom. The molecule has 0 atom stereocenters. The van der Waals surface area contributed by atoms with Gasteiger partial charge in [-0.05, 0) is 31.0 Å². The molecule has 63 valence electrons. The van der Waals surface area contributed by atoms with Crippen LogP contribution in [0, 0.1) is 6.07 Å². The van der Waals surface area contributed by atoms with E-state index in [2.05, 4.69) is 6.07 Å². The fraction of sp³-hybridized carbons (Fsp3) is 0.400. The Balaban J connectivity index is 2.42. The van der Waals surface area contributed by atoms with Crippen LogP contribution in [0.5, 0.6) is 5.75 Å². The van der Waals surface area contributed by atoms with Gasteiger partial charge in [-0.2, -0.15) is 0 Å². The number of alkyl halides is 1. The van der Waals surface area contributed by atoms with Crippen molar-refractivity contribution in [1.29, 1.82) is 0 Å². The molecule has 1 aliphatic carbocycles. The number of hydrogen-bond donors (Lipinski definition) is 0. The normalized spacial score (nSPS) is 18.8. The maximum Gasteiger partial charge on any atom is 0.123 e. The molecule has 1 saturated carbocycles. The predicted molar refractivity (Wildman–Crippen MR) is 48.6 cm³/mol. The SMILES string of the molecule is COc1cc[c]cc1C1(Cl)CC1. The van der Waals surface area contributed by atoms with E-state index in [1.54, 1.807) is 7.11 Å². The first-order chi connectivity index (χ1) is 5.76. The van der Waals surface area contributed by atoms with Crippen LogP contribution in [0.2, 0.25) is 0 Å². The van der Waals surface area contributed by atoms with Gasteiger partial charge in [0.05, 0.1) is 12.0 Å². The van der Waals surface area contributed by atoms with E-state index in [9.17, 15) is 0 Å². The first-order valence-electron chi connectivity index (χ1n) is 4.00. The van der Waals surface area contributed by atoms with Crippen molar-refractivity contribution in [2.45, 2.75) is 17.7 Å². The summed E-state index contributed by atoms with van der Waals surface area (Å²) in [6, 6.07) is 8.67. The van der Waals surface area contributed by atoms with E-state index < -0.39 is 0 Å². The van der Waals surface area contributed by atoms with Gasteiger partial charge in [-0.25, -0.2) is 0 Å². The summed E-state index contributed by atoms with van der Waals surface area (Å²) in [6.07, 6.45) is 2.09. The predicted octanol–water partition coefficient (Wildman–Crippen LogP) is 2.72. The molecular formula is C10H10ClO. The zero-order chi connectivity index (χ0) is 8.60.